The Kier molecular flexibility index (Phi) is 2.50. The van der Waals surface area contributed by atoms with E-state index in [1.165, 1.54) is 12.8 Å². The van der Waals surface area contributed by atoms with Crippen LogP contribution in [0.15, 0.2) is 43.0 Å². The highest BCUT2D eigenvalue weighted by Gasteiger charge is 2.38. The van der Waals surface area contributed by atoms with Crippen molar-refractivity contribution in [1.29, 1.82) is 0 Å². The van der Waals surface area contributed by atoms with Crippen molar-refractivity contribution in [1.82, 2.24) is 39.0 Å². The van der Waals surface area contributed by atoms with Gasteiger partial charge in [-0.05, 0) is 36.8 Å². The van der Waals surface area contributed by atoms with E-state index < -0.39 is 0 Å². The highest BCUT2D eigenvalue weighted by Crippen LogP contribution is 2.47. The molecule has 1 aromatic carbocycles. The fourth-order valence-electron chi connectivity index (χ4n) is 3.68. The molecule has 0 bridgehead atoms. The molecule has 4 aromatic heterocycles. The molecule has 26 heavy (non-hydrogen) atoms. The predicted molar refractivity (Wildman–Crippen MR) is 95.2 cm³/mol. The molecule has 5 aromatic rings. The summed E-state index contributed by atoms with van der Waals surface area (Å²) in [7, 11) is 0. The standard InChI is InChI=1S/C18H16N8/c1-18(6-7-18)8-12-9-20-23-26(12)17-22-21-16-13-4-2-3-5-14(13)24-11-19-10-15(24)25(16)17/h2-5,9-11H,6-8H2,1H3. The van der Waals surface area contributed by atoms with Crippen LogP contribution in [0.3, 0.4) is 0 Å². The van der Waals surface area contributed by atoms with E-state index in [0.29, 0.717) is 11.4 Å². The molecule has 0 unspecified atom stereocenters. The Balaban J connectivity index is 1.68. The van der Waals surface area contributed by atoms with Crippen LogP contribution in [-0.4, -0.2) is 39.0 Å². The third kappa shape index (κ3) is 1.81. The lowest BCUT2D eigenvalue weighted by molar-refractivity contribution is 0.544. The van der Waals surface area contributed by atoms with Gasteiger partial charge in [0.15, 0.2) is 5.65 Å². The Morgan fingerprint density at radius 3 is 2.88 bits per heavy atom. The molecule has 0 atom stereocenters. The van der Waals surface area contributed by atoms with Gasteiger partial charge in [0.05, 0.1) is 23.6 Å². The Hall–Kier alpha value is -3.29. The van der Waals surface area contributed by atoms with Gasteiger partial charge in [0.2, 0.25) is 0 Å². The Morgan fingerprint density at radius 1 is 1.12 bits per heavy atom. The molecule has 1 saturated carbocycles. The molecule has 1 aliphatic carbocycles. The molecule has 128 valence electrons. The molecule has 0 saturated heterocycles. The van der Waals surface area contributed by atoms with E-state index in [1.54, 1.807) is 0 Å². The Morgan fingerprint density at radius 2 is 2.00 bits per heavy atom. The molecule has 4 heterocycles. The van der Waals surface area contributed by atoms with Gasteiger partial charge in [-0.3, -0.25) is 4.40 Å². The van der Waals surface area contributed by atoms with E-state index in [9.17, 15) is 0 Å². The zero-order valence-electron chi connectivity index (χ0n) is 14.2. The van der Waals surface area contributed by atoms with Crippen molar-refractivity contribution < 1.29 is 0 Å². The molecular weight excluding hydrogens is 328 g/mol. The minimum atomic E-state index is 0.360. The van der Waals surface area contributed by atoms with E-state index in [2.05, 4.69) is 44.5 Å². The number of rotatable bonds is 3. The van der Waals surface area contributed by atoms with Gasteiger partial charge in [-0.15, -0.1) is 15.3 Å². The number of para-hydroxylation sites is 1. The summed E-state index contributed by atoms with van der Waals surface area (Å²) in [5, 5.41) is 18.4. The predicted octanol–water partition coefficient (Wildman–Crippen LogP) is 2.45. The first kappa shape index (κ1) is 13.9. The molecule has 0 amide bonds. The van der Waals surface area contributed by atoms with Crippen LogP contribution in [-0.2, 0) is 6.42 Å². The van der Waals surface area contributed by atoms with Crippen molar-refractivity contribution in [2.45, 2.75) is 26.2 Å². The van der Waals surface area contributed by atoms with Crippen molar-refractivity contribution in [2.24, 2.45) is 5.41 Å². The second kappa shape index (κ2) is 4.66. The van der Waals surface area contributed by atoms with E-state index >= 15 is 0 Å². The first-order valence-electron chi connectivity index (χ1n) is 8.71. The fourth-order valence-corrected chi connectivity index (χ4v) is 3.68. The van der Waals surface area contributed by atoms with E-state index in [4.69, 9.17) is 0 Å². The van der Waals surface area contributed by atoms with Crippen LogP contribution in [0.2, 0.25) is 0 Å². The van der Waals surface area contributed by atoms with Crippen LogP contribution in [0.4, 0.5) is 0 Å². The third-order valence-electron chi connectivity index (χ3n) is 5.42. The summed E-state index contributed by atoms with van der Waals surface area (Å²) in [6, 6.07) is 8.14. The van der Waals surface area contributed by atoms with Crippen LogP contribution in [0.1, 0.15) is 25.5 Å². The maximum Gasteiger partial charge on any atom is 0.259 e. The number of nitrogens with zero attached hydrogens (tertiary/aromatic N) is 8. The molecule has 1 aliphatic rings. The van der Waals surface area contributed by atoms with Crippen molar-refractivity contribution in [2.75, 3.05) is 0 Å². The fraction of sp³-hybridized carbons (Fsp3) is 0.278. The zero-order valence-corrected chi connectivity index (χ0v) is 14.2. The SMILES string of the molecule is CC1(Cc2cnnn2-c2nnc3c4ccccc4n4cncc4n23)CC1. The van der Waals surface area contributed by atoms with Crippen LogP contribution in [0, 0.1) is 5.41 Å². The second-order valence-corrected chi connectivity index (χ2v) is 7.42. The largest absolute Gasteiger partial charge is 0.284 e. The number of hydrogen-bond acceptors (Lipinski definition) is 5. The molecule has 6 rings (SSSR count). The number of benzene rings is 1. The molecule has 8 nitrogen and oxygen atoms in total. The molecule has 0 aliphatic heterocycles. The second-order valence-electron chi connectivity index (χ2n) is 7.42. The zero-order chi connectivity index (χ0) is 17.3. The third-order valence-corrected chi connectivity index (χ3v) is 5.42. The molecule has 8 heteroatoms. The monoisotopic (exact) mass is 344 g/mol. The summed E-state index contributed by atoms with van der Waals surface area (Å²) in [5.41, 5.74) is 4.17. The van der Waals surface area contributed by atoms with Crippen molar-refractivity contribution in [3.63, 3.8) is 0 Å². The molecule has 0 spiro atoms. The summed E-state index contributed by atoms with van der Waals surface area (Å²) < 4.78 is 5.86. The highest BCUT2D eigenvalue weighted by atomic mass is 15.5. The summed E-state index contributed by atoms with van der Waals surface area (Å²) in [5.74, 6) is 0.646. The lowest BCUT2D eigenvalue weighted by Gasteiger charge is -2.10. The first-order chi connectivity index (χ1) is 12.7. The molecule has 1 fully saturated rings. The van der Waals surface area contributed by atoms with Gasteiger partial charge >= 0.3 is 0 Å². The molecular formula is C18H16N8. The summed E-state index contributed by atoms with van der Waals surface area (Å²) in [6.07, 6.45) is 8.91. The van der Waals surface area contributed by atoms with Gasteiger partial charge < -0.3 is 0 Å². The van der Waals surface area contributed by atoms with Crippen molar-refractivity contribution in [3.05, 3.63) is 48.7 Å². The highest BCUT2D eigenvalue weighted by molar-refractivity contribution is 5.94. The summed E-state index contributed by atoms with van der Waals surface area (Å²) in [6.45, 7) is 2.30. The van der Waals surface area contributed by atoms with Crippen molar-refractivity contribution in [3.8, 4) is 5.95 Å². The normalized spacial score (nSPS) is 16.0. The van der Waals surface area contributed by atoms with Gasteiger partial charge in [0, 0.05) is 5.39 Å². The lowest BCUT2D eigenvalue weighted by atomic mass is 10.0. The van der Waals surface area contributed by atoms with E-state index in [-0.39, 0.29) is 0 Å². The Labute approximate surface area is 148 Å². The average molecular weight is 344 g/mol. The minimum Gasteiger partial charge on any atom is -0.284 e. The van der Waals surface area contributed by atoms with Gasteiger partial charge in [-0.25, -0.2) is 9.38 Å². The van der Waals surface area contributed by atoms with Gasteiger partial charge in [-0.1, -0.05) is 24.3 Å². The number of hydrogen-bond donors (Lipinski definition) is 0. The van der Waals surface area contributed by atoms with Crippen LogP contribution in [0.25, 0.3) is 28.1 Å². The summed E-state index contributed by atoms with van der Waals surface area (Å²) >= 11 is 0. The van der Waals surface area contributed by atoms with Crippen LogP contribution in [0.5, 0.6) is 0 Å². The number of fused-ring (bicyclic) bond motifs is 6. The number of imidazole rings is 1. The first-order valence-corrected chi connectivity index (χ1v) is 8.71. The van der Waals surface area contributed by atoms with Crippen LogP contribution >= 0.6 is 0 Å². The lowest BCUT2D eigenvalue weighted by Crippen LogP contribution is -2.11. The van der Waals surface area contributed by atoms with E-state index in [0.717, 1.165) is 34.3 Å². The Bertz CT molecular complexity index is 1290. The van der Waals surface area contributed by atoms with Gasteiger partial charge in [0.1, 0.15) is 12.0 Å². The topological polar surface area (TPSA) is 78.2 Å². The maximum atomic E-state index is 4.47. The minimum absolute atomic E-state index is 0.360. The summed E-state index contributed by atoms with van der Waals surface area (Å²) in [4.78, 5) is 4.34. The quantitative estimate of drug-likeness (QED) is 0.502. The maximum absolute atomic E-state index is 4.47. The van der Waals surface area contributed by atoms with Gasteiger partial charge in [-0.2, -0.15) is 4.68 Å². The van der Waals surface area contributed by atoms with E-state index in [1.807, 2.05) is 44.3 Å². The van der Waals surface area contributed by atoms with Crippen molar-refractivity contribution >= 4 is 22.2 Å². The molecule has 0 radical (unpaired) electrons. The average Bonchev–Trinajstić information content (AvgIpc) is 3.10. The number of aromatic nitrogens is 8. The van der Waals surface area contributed by atoms with Gasteiger partial charge in [0.25, 0.3) is 5.95 Å². The van der Waals surface area contributed by atoms with Crippen LogP contribution < -0.4 is 0 Å². The smallest absolute Gasteiger partial charge is 0.259 e. The molecule has 0 N–H and O–H groups in total.